The highest BCUT2D eigenvalue weighted by molar-refractivity contribution is 8.00. The van der Waals surface area contributed by atoms with Crippen LogP contribution in [-0.2, 0) is 4.79 Å². The fourth-order valence-electron chi connectivity index (χ4n) is 1.95. The van der Waals surface area contributed by atoms with Gasteiger partial charge >= 0.3 is 12.0 Å². The van der Waals surface area contributed by atoms with Gasteiger partial charge in [-0.2, -0.15) is 0 Å². The molecule has 0 radical (unpaired) electrons. The molecule has 2 unspecified atom stereocenters. The lowest BCUT2D eigenvalue weighted by Crippen LogP contribution is -2.50. The largest absolute Gasteiger partial charge is 0.480 e. The summed E-state index contributed by atoms with van der Waals surface area (Å²) in [6.07, 6.45) is 3.38. The summed E-state index contributed by atoms with van der Waals surface area (Å²) in [6.45, 7) is 6.04. The summed E-state index contributed by atoms with van der Waals surface area (Å²) in [7, 11) is 1.66. The van der Waals surface area contributed by atoms with Gasteiger partial charge in [0.25, 0.3) is 0 Å². The van der Waals surface area contributed by atoms with E-state index in [1.54, 1.807) is 24.9 Å². The van der Waals surface area contributed by atoms with Crippen LogP contribution in [0.4, 0.5) is 4.79 Å². The van der Waals surface area contributed by atoms with Crippen LogP contribution in [0.3, 0.4) is 0 Å². The number of thioether (sulfide) groups is 1. The minimum Gasteiger partial charge on any atom is -0.480 e. The number of hydrogen-bond acceptors (Lipinski definition) is 3. The molecule has 1 saturated heterocycles. The number of hydrogen-bond donors (Lipinski definition) is 1. The second-order valence-electron chi connectivity index (χ2n) is 4.29. The first-order valence-corrected chi connectivity index (χ1v) is 7.06. The van der Waals surface area contributed by atoms with Gasteiger partial charge in [-0.15, -0.1) is 18.3 Å². The third kappa shape index (κ3) is 3.19. The summed E-state index contributed by atoms with van der Waals surface area (Å²) in [5.41, 5.74) is 0. The van der Waals surface area contributed by atoms with Crippen LogP contribution in [0.2, 0.25) is 0 Å². The molecule has 6 heteroatoms. The van der Waals surface area contributed by atoms with Crippen LogP contribution >= 0.6 is 11.8 Å². The molecule has 1 N–H and O–H groups in total. The first-order valence-electron chi connectivity index (χ1n) is 6.01. The average Bonchev–Trinajstić information content (AvgIpc) is 2.72. The number of rotatable bonds is 5. The molecular weight excluding hydrogens is 252 g/mol. The van der Waals surface area contributed by atoms with Crippen molar-refractivity contribution >= 4 is 23.8 Å². The van der Waals surface area contributed by atoms with Crippen molar-refractivity contribution in [3.63, 3.8) is 0 Å². The van der Waals surface area contributed by atoms with Gasteiger partial charge in [-0.05, 0) is 6.42 Å². The highest BCUT2D eigenvalue weighted by Gasteiger charge is 2.42. The van der Waals surface area contributed by atoms with Gasteiger partial charge in [0.1, 0.15) is 6.04 Å². The van der Waals surface area contributed by atoms with Gasteiger partial charge in [0, 0.05) is 19.3 Å². The molecule has 2 atom stereocenters. The predicted octanol–water partition coefficient (Wildman–Crippen LogP) is 1.85. The van der Waals surface area contributed by atoms with Crippen molar-refractivity contribution in [2.24, 2.45) is 0 Å². The summed E-state index contributed by atoms with van der Waals surface area (Å²) >= 11 is 1.55. The maximum Gasteiger partial charge on any atom is 0.327 e. The van der Waals surface area contributed by atoms with Gasteiger partial charge < -0.3 is 10.0 Å². The molecule has 1 aliphatic rings. The Bertz CT molecular complexity index is 335. The van der Waals surface area contributed by atoms with Crippen molar-refractivity contribution in [3.8, 4) is 0 Å². The van der Waals surface area contributed by atoms with E-state index in [0.29, 0.717) is 12.3 Å². The van der Waals surface area contributed by atoms with Gasteiger partial charge in [0.05, 0.1) is 5.37 Å². The molecule has 1 heterocycles. The van der Waals surface area contributed by atoms with E-state index in [1.807, 2.05) is 6.92 Å². The number of likely N-dealkylation sites (N-methyl/N-ethyl adjacent to an activating group) is 1. The molecule has 0 aliphatic carbocycles. The molecule has 0 aromatic rings. The molecule has 0 aromatic heterocycles. The van der Waals surface area contributed by atoms with Gasteiger partial charge in [-0.1, -0.05) is 19.4 Å². The van der Waals surface area contributed by atoms with Crippen molar-refractivity contribution < 1.29 is 14.7 Å². The van der Waals surface area contributed by atoms with Crippen molar-refractivity contribution in [2.75, 3.05) is 19.3 Å². The van der Waals surface area contributed by atoms with Crippen molar-refractivity contribution in [3.05, 3.63) is 12.7 Å². The Morgan fingerprint density at radius 2 is 2.28 bits per heavy atom. The quantitative estimate of drug-likeness (QED) is 0.776. The van der Waals surface area contributed by atoms with E-state index in [9.17, 15) is 14.7 Å². The summed E-state index contributed by atoms with van der Waals surface area (Å²) in [5, 5.41) is 9.15. The fourth-order valence-corrected chi connectivity index (χ4v) is 3.46. The number of nitrogens with zero attached hydrogens (tertiary/aromatic N) is 2. The number of carboxylic acid groups (broad SMARTS) is 1. The number of aliphatic carboxylic acids is 1. The van der Waals surface area contributed by atoms with E-state index < -0.39 is 12.0 Å². The van der Waals surface area contributed by atoms with Crippen molar-refractivity contribution in [1.82, 2.24) is 9.80 Å². The second-order valence-corrected chi connectivity index (χ2v) is 5.50. The van der Waals surface area contributed by atoms with E-state index >= 15 is 0 Å². The molecule has 18 heavy (non-hydrogen) atoms. The van der Waals surface area contributed by atoms with Crippen LogP contribution in [0.1, 0.15) is 19.8 Å². The van der Waals surface area contributed by atoms with Crippen LogP contribution in [-0.4, -0.2) is 57.7 Å². The molecule has 5 nitrogen and oxygen atoms in total. The monoisotopic (exact) mass is 272 g/mol. The van der Waals surface area contributed by atoms with E-state index in [1.165, 1.54) is 9.80 Å². The topological polar surface area (TPSA) is 60.9 Å². The Morgan fingerprint density at radius 1 is 1.61 bits per heavy atom. The zero-order valence-electron chi connectivity index (χ0n) is 10.8. The van der Waals surface area contributed by atoms with Crippen LogP contribution in [0.5, 0.6) is 0 Å². The minimum atomic E-state index is -0.929. The standard InChI is InChI=1S/C12H20N2O3S/c1-4-6-10-14(9(8-18-10)11(15)16)12(17)13(3)7-5-2/h5,9-10H,2,4,6-8H2,1,3H3,(H,15,16). The minimum absolute atomic E-state index is 0.0316. The first-order chi connectivity index (χ1) is 8.52. The summed E-state index contributed by atoms with van der Waals surface area (Å²) in [5.74, 6) is -0.463. The summed E-state index contributed by atoms with van der Waals surface area (Å²) in [4.78, 5) is 26.5. The van der Waals surface area contributed by atoms with Gasteiger partial charge in [-0.25, -0.2) is 9.59 Å². The Morgan fingerprint density at radius 3 is 2.78 bits per heavy atom. The Kier molecular flexibility index (Phi) is 5.53. The predicted molar refractivity (Wildman–Crippen MR) is 72.6 cm³/mol. The molecule has 1 aliphatic heterocycles. The molecule has 2 amide bonds. The molecule has 0 aromatic carbocycles. The zero-order valence-corrected chi connectivity index (χ0v) is 11.7. The average molecular weight is 272 g/mol. The van der Waals surface area contributed by atoms with Gasteiger partial charge in [-0.3, -0.25) is 4.90 Å². The molecule has 102 valence electrons. The SMILES string of the molecule is C=CCN(C)C(=O)N1C(CCC)SCC1C(=O)O. The number of carboxylic acids is 1. The third-order valence-electron chi connectivity index (χ3n) is 2.86. The van der Waals surface area contributed by atoms with Crippen LogP contribution in [0, 0.1) is 0 Å². The smallest absolute Gasteiger partial charge is 0.327 e. The van der Waals surface area contributed by atoms with E-state index in [0.717, 1.165) is 12.8 Å². The van der Waals surface area contributed by atoms with Crippen LogP contribution in [0.15, 0.2) is 12.7 Å². The molecule has 1 rings (SSSR count). The maximum atomic E-state index is 12.3. The normalized spacial score (nSPS) is 22.9. The van der Waals surface area contributed by atoms with Gasteiger partial charge in [0.15, 0.2) is 0 Å². The molecule has 0 saturated carbocycles. The van der Waals surface area contributed by atoms with E-state index in [4.69, 9.17) is 0 Å². The lowest BCUT2D eigenvalue weighted by atomic mass is 10.2. The lowest BCUT2D eigenvalue weighted by Gasteiger charge is -2.31. The summed E-state index contributed by atoms with van der Waals surface area (Å²) in [6, 6.07) is -0.947. The molecular formula is C12H20N2O3S. The van der Waals surface area contributed by atoms with Crippen molar-refractivity contribution in [2.45, 2.75) is 31.2 Å². The Labute approximate surface area is 112 Å². The van der Waals surface area contributed by atoms with Crippen LogP contribution in [0.25, 0.3) is 0 Å². The number of carbonyl (C=O) groups is 2. The highest BCUT2D eigenvalue weighted by Crippen LogP contribution is 2.32. The highest BCUT2D eigenvalue weighted by atomic mass is 32.2. The molecule has 1 fully saturated rings. The number of urea groups is 1. The maximum absolute atomic E-state index is 12.3. The van der Waals surface area contributed by atoms with E-state index in [2.05, 4.69) is 6.58 Å². The Balaban J connectivity index is 2.85. The van der Waals surface area contributed by atoms with E-state index in [-0.39, 0.29) is 11.4 Å². The first kappa shape index (κ1) is 14.9. The zero-order chi connectivity index (χ0) is 13.7. The number of amides is 2. The summed E-state index contributed by atoms with van der Waals surface area (Å²) < 4.78 is 0. The Hall–Kier alpha value is -1.17. The lowest BCUT2D eigenvalue weighted by molar-refractivity contribution is -0.141. The molecule has 0 spiro atoms. The fraction of sp³-hybridized carbons (Fsp3) is 0.667. The van der Waals surface area contributed by atoms with Crippen molar-refractivity contribution in [1.29, 1.82) is 0 Å². The third-order valence-corrected chi connectivity index (χ3v) is 4.22. The van der Waals surface area contributed by atoms with Gasteiger partial charge in [0.2, 0.25) is 0 Å². The second kappa shape index (κ2) is 6.68. The van der Waals surface area contributed by atoms with Crippen LogP contribution < -0.4 is 0 Å². The molecule has 0 bridgehead atoms. The number of carbonyl (C=O) groups excluding carboxylic acids is 1.